The Hall–Kier alpha value is -1.39. The van der Waals surface area contributed by atoms with Gasteiger partial charge in [-0.05, 0) is 40.0 Å². The number of rotatable bonds is 3. The molecule has 2 aromatic heterocycles. The minimum absolute atomic E-state index is 0.780. The van der Waals surface area contributed by atoms with Crippen LogP contribution in [0.2, 0.25) is 5.02 Å². The largest absolute Gasteiger partial charge is 0.287 e. The Kier molecular flexibility index (Phi) is 3.53. The number of hydrogen-bond acceptors (Lipinski definition) is 2. The maximum Gasteiger partial charge on any atom is 0.171 e. The van der Waals surface area contributed by atoms with Gasteiger partial charge in [-0.25, -0.2) is 9.97 Å². The maximum atomic E-state index is 6.17. The predicted octanol–water partition coefficient (Wildman–Crippen LogP) is 3.93. The molecule has 2 heterocycles. The Morgan fingerprint density at radius 3 is 2.84 bits per heavy atom. The number of aryl methyl sites for hydroxylation is 2. The van der Waals surface area contributed by atoms with Gasteiger partial charge < -0.3 is 0 Å². The number of halogens is 2. The van der Waals surface area contributed by atoms with Gasteiger partial charge in [-0.3, -0.25) is 4.40 Å². The quantitative estimate of drug-likeness (QED) is 0.725. The van der Waals surface area contributed by atoms with Crippen LogP contribution in [0.15, 0.2) is 47.3 Å². The summed E-state index contributed by atoms with van der Waals surface area (Å²) >= 11 is 9.60. The number of benzene rings is 1. The van der Waals surface area contributed by atoms with Crippen molar-refractivity contribution in [1.82, 2.24) is 14.4 Å². The summed E-state index contributed by atoms with van der Waals surface area (Å²) in [6.07, 6.45) is 5.42. The van der Waals surface area contributed by atoms with Gasteiger partial charge in [-0.15, -0.1) is 0 Å². The van der Waals surface area contributed by atoms with E-state index in [0.29, 0.717) is 0 Å². The second-order valence-corrected chi connectivity index (χ2v) is 5.38. The third-order valence-electron chi connectivity index (χ3n) is 3.01. The Balaban J connectivity index is 1.88. The van der Waals surface area contributed by atoms with E-state index in [4.69, 9.17) is 11.6 Å². The normalized spacial score (nSPS) is 11.1. The molecule has 0 atom stereocenters. The van der Waals surface area contributed by atoms with E-state index in [1.54, 1.807) is 6.20 Å². The summed E-state index contributed by atoms with van der Waals surface area (Å²) < 4.78 is 2.78. The Morgan fingerprint density at radius 2 is 2.00 bits per heavy atom. The molecule has 0 unspecified atom stereocenters. The maximum absolute atomic E-state index is 6.17. The van der Waals surface area contributed by atoms with Gasteiger partial charge in [-0.2, -0.15) is 0 Å². The predicted molar refractivity (Wildman–Crippen MR) is 79.5 cm³/mol. The fourth-order valence-corrected chi connectivity index (χ4v) is 2.80. The number of aromatic nitrogens is 3. The molecule has 0 aliphatic heterocycles. The first-order valence-corrected chi connectivity index (χ1v) is 7.13. The minimum atomic E-state index is 0.780. The van der Waals surface area contributed by atoms with Gasteiger partial charge in [0.05, 0.1) is 0 Å². The molecule has 0 aliphatic rings. The van der Waals surface area contributed by atoms with E-state index in [-0.39, 0.29) is 0 Å². The zero-order chi connectivity index (χ0) is 13.2. The van der Waals surface area contributed by atoms with E-state index in [1.807, 2.05) is 40.9 Å². The van der Waals surface area contributed by atoms with Crippen LogP contribution in [0, 0.1) is 0 Å². The van der Waals surface area contributed by atoms with Crippen LogP contribution in [-0.2, 0) is 12.8 Å². The van der Waals surface area contributed by atoms with E-state index in [2.05, 4.69) is 25.9 Å². The molecule has 0 aliphatic carbocycles. The van der Waals surface area contributed by atoms with Crippen molar-refractivity contribution in [2.24, 2.45) is 0 Å². The third kappa shape index (κ3) is 2.51. The van der Waals surface area contributed by atoms with E-state index in [9.17, 15) is 0 Å². The summed E-state index contributed by atoms with van der Waals surface area (Å²) in [4.78, 5) is 8.81. The third-order valence-corrected chi connectivity index (χ3v) is 3.91. The van der Waals surface area contributed by atoms with Crippen LogP contribution < -0.4 is 0 Å². The first-order valence-electron chi connectivity index (χ1n) is 5.96. The van der Waals surface area contributed by atoms with Gasteiger partial charge >= 0.3 is 0 Å². The van der Waals surface area contributed by atoms with Gasteiger partial charge in [0, 0.05) is 23.8 Å². The lowest BCUT2D eigenvalue weighted by atomic mass is 10.1. The van der Waals surface area contributed by atoms with Crippen molar-refractivity contribution < 1.29 is 0 Å². The summed E-state index contributed by atoms with van der Waals surface area (Å²) in [5.41, 5.74) is 1.98. The van der Waals surface area contributed by atoms with Crippen molar-refractivity contribution in [1.29, 1.82) is 0 Å². The van der Waals surface area contributed by atoms with Crippen molar-refractivity contribution in [2.75, 3.05) is 0 Å². The molecule has 96 valence electrons. The van der Waals surface area contributed by atoms with Crippen molar-refractivity contribution in [3.63, 3.8) is 0 Å². The molecule has 0 saturated heterocycles. The summed E-state index contributed by atoms with van der Waals surface area (Å²) in [5.74, 6) is 0.981. The van der Waals surface area contributed by atoms with Crippen molar-refractivity contribution in [2.45, 2.75) is 12.8 Å². The van der Waals surface area contributed by atoms with Crippen LogP contribution in [0.5, 0.6) is 0 Å². The number of imidazole rings is 1. The van der Waals surface area contributed by atoms with Crippen LogP contribution in [0.25, 0.3) is 5.65 Å². The van der Waals surface area contributed by atoms with Crippen LogP contribution in [-0.4, -0.2) is 14.4 Å². The van der Waals surface area contributed by atoms with E-state index >= 15 is 0 Å². The number of hydrogen-bond donors (Lipinski definition) is 0. The van der Waals surface area contributed by atoms with Crippen LogP contribution in [0.3, 0.4) is 0 Å². The molecule has 0 spiro atoms. The van der Waals surface area contributed by atoms with E-state index < -0.39 is 0 Å². The van der Waals surface area contributed by atoms with E-state index in [0.717, 1.165) is 39.5 Å². The Morgan fingerprint density at radius 1 is 1.16 bits per heavy atom. The molecule has 3 aromatic rings. The number of nitrogens with zero attached hydrogens (tertiary/aromatic N) is 3. The smallest absolute Gasteiger partial charge is 0.171 e. The average Bonchev–Trinajstić information content (AvgIpc) is 2.75. The second kappa shape index (κ2) is 5.31. The lowest BCUT2D eigenvalue weighted by Crippen LogP contribution is -1.98. The Labute approximate surface area is 124 Å². The molecule has 0 fully saturated rings. The summed E-state index contributed by atoms with van der Waals surface area (Å²) in [6.45, 7) is 0. The Bertz CT molecular complexity index is 724. The lowest BCUT2D eigenvalue weighted by molar-refractivity contribution is 0.849. The first-order chi connectivity index (χ1) is 9.25. The second-order valence-electron chi connectivity index (χ2n) is 4.22. The summed E-state index contributed by atoms with van der Waals surface area (Å²) in [7, 11) is 0. The highest BCUT2D eigenvalue weighted by Crippen LogP contribution is 2.20. The highest BCUT2D eigenvalue weighted by Gasteiger charge is 2.10. The minimum Gasteiger partial charge on any atom is -0.287 e. The molecule has 0 amide bonds. The molecule has 0 saturated carbocycles. The number of fused-ring (bicyclic) bond motifs is 1. The molecule has 3 rings (SSSR count). The molecule has 5 heteroatoms. The van der Waals surface area contributed by atoms with Gasteiger partial charge in [0.25, 0.3) is 0 Å². The summed E-state index contributed by atoms with van der Waals surface area (Å²) in [5, 5.41) is 0.806. The molecule has 0 N–H and O–H groups in total. The molecular formula is C14H11BrClN3. The summed E-state index contributed by atoms with van der Waals surface area (Å²) in [6, 6.07) is 9.81. The molecular weight excluding hydrogens is 326 g/mol. The topological polar surface area (TPSA) is 30.2 Å². The van der Waals surface area contributed by atoms with Gasteiger partial charge in [0.2, 0.25) is 0 Å². The molecule has 3 nitrogen and oxygen atoms in total. The van der Waals surface area contributed by atoms with Crippen molar-refractivity contribution >= 4 is 33.2 Å². The fourth-order valence-electron chi connectivity index (χ4n) is 2.07. The highest BCUT2D eigenvalue weighted by molar-refractivity contribution is 9.10. The van der Waals surface area contributed by atoms with Gasteiger partial charge in [0.1, 0.15) is 5.82 Å². The molecule has 0 bridgehead atoms. The van der Waals surface area contributed by atoms with Crippen LogP contribution >= 0.6 is 27.5 Å². The molecule has 1 aromatic carbocycles. The van der Waals surface area contributed by atoms with Gasteiger partial charge in [-0.1, -0.05) is 29.8 Å². The lowest BCUT2D eigenvalue weighted by Gasteiger charge is -2.03. The molecule has 0 radical (unpaired) electrons. The van der Waals surface area contributed by atoms with E-state index in [1.165, 1.54) is 0 Å². The SMILES string of the molecule is Clc1ccccc1CCc1nc(Br)c2ncccn12. The molecule has 19 heavy (non-hydrogen) atoms. The zero-order valence-electron chi connectivity index (χ0n) is 10.1. The van der Waals surface area contributed by atoms with Crippen molar-refractivity contribution in [3.05, 3.63) is 63.7 Å². The fraction of sp³-hybridized carbons (Fsp3) is 0.143. The first kappa shape index (κ1) is 12.6. The zero-order valence-corrected chi connectivity index (χ0v) is 12.4. The monoisotopic (exact) mass is 335 g/mol. The van der Waals surface area contributed by atoms with Crippen molar-refractivity contribution in [3.8, 4) is 0 Å². The average molecular weight is 337 g/mol. The van der Waals surface area contributed by atoms with Gasteiger partial charge in [0.15, 0.2) is 10.3 Å². The van der Waals surface area contributed by atoms with Crippen LogP contribution in [0.1, 0.15) is 11.4 Å². The standard InChI is InChI=1S/C14H11BrClN3/c15-13-14-17-8-3-9-19(14)12(18-13)7-6-10-4-1-2-5-11(10)16/h1-5,8-9H,6-7H2. The highest BCUT2D eigenvalue weighted by atomic mass is 79.9. The van der Waals surface area contributed by atoms with Crippen LogP contribution in [0.4, 0.5) is 0 Å².